The van der Waals surface area contributed by atoms with Crippen molar-refractivity contribution in [2.75, 3.05) is 0 Å². The molecule has 1 N–H and O–H groups in total. The molecule has 0 spiro atoms. The number of nitrogens with one attached hydrogen (secondary N) is 1. The maximum absolute atomic E-state index is 12.5. The van der Waals surface area contributed by atoms with Crippen LogP contribution in [0.3, 0.4) is 0 Å². The van der Waals surface area contributed by atoms with Crippen molar-refractivity contribution in [3.8, 4) is 22.4 Å². The van der Waals surface area contributed by atoms with Crippen LogP contribution in [0.15, 0.2) is 64.0 Å². The number of nitrogens with zero attached hydrogens (tertiary/aromatic N) is 1. The van der Waals surface area contributed by atoms with Crippen LogP contribution in [-0.2, 0) is 14.8 Å². The molecule has 0 radical (unpaired) electrons. The molecule has 0 saturated carbocycles. The molecular weight excluding hydrogens is 352 g/mol. The summed E-state index contributed by atoms with van der Waals surface area (Å²) in [5, 5.41) is 4.08. The van der Waals surface area contributed by atoms with Crippen molar-refractivity contribution >= 4 is 15.9 Å². The first-order valence-corrected chi connectivity index (χ1v) is 9.02. The Labute approximate surface area is 158 Å². The van der Waals surface area contributed by atoms with Crippen LogP contribution in [0.5, 0.6) is 0 Å². The molecule has 0 bridgehead atoms. The lowest BCUT2D eigenvalue weighted by Crippen LogP contribution is -2.29. The Morgan fingerprint density at radius 2 is 1.85 bits per heavy atom. The molecule has 0 atom stereocenters. The van der Waals surface area contributed by atoms with Crippen LogP contribution in [0.1, 0.15) is 25.8 Å². The lowest BCUT2D eigenvalue weighted by Gasteiger charge is -2.07. The summed E-state index contributed by atoms with van der Waals surface area (Å²) in [7, 11) is -4.49. The van der Waals surface area contributed by atoms with Gasteiger partial charge in [0.2, 0.25) is 5.91 Å². The summed E-state index contributed by atoms with van der Waals surface area (Å²) in [4.78, 5) is 11.6. The molecule has 0 aliphatic rings. The number of amides is 1. The minimum Gasteiger partial charge on any atom is -0.360 e. The van der Waals surface area contributed by atoms with Crippen LogP contribution in [0.4, 0.5) is 0 Å². The van der Waals surface area contributed by atoms with Crippen LogP contribution in [0, 0.1) is 6.92 Å². The van der Waals surface area contributed by atoms with E-state index in [1.54, 1.807) is 6.92 Å². The highest BCUT2D eigenvalue weighted by Crippen LogP contribution is 2.34. The van der Waals surface area contributed by atoms with E-state index in [9.17, 15) is 13.2 Å². The van der Waals surface area contributed by atoms with Gasteiger partial charge in [0.05, 0.1) is 10.5 Å². The van der Waals surface area contributed by atoms with Crippen LogP contribution in [0.2, 0.25) is 0 Å². The van der Waals surface area contributed by atoms with Gasteiger partial charge in [-0.3, -0.25) is 4.79 Å². The fourth-order valence-electron chi connectivity index (χ4n) is 2.51. The highest BCUT2D eigenvalue weighted by Gasteiger charge is 2.19. The van der Waals surface area contributed by atoms with Gasteiger partial charge in [0.25, 0.3) is 10.0 Å². The molecule has 26 heavy (non-hydrogen) atoms. The van der Waals surface area contributed by atoms with Gasteiger partial charge in [-0.25, -0.2) is 13.1 Å². The Hall–Kier alpha value is -2.93. The molecular formula is C19H18N2O4S. The maximum atomic E-state index is 12.5. The average Bonchev–Trinajstić information content (AvgIpc) is 3.09. The van der Waals surface area contributed by atoms with Crippen molar-refractivity contribution in [1.29, 1.82) is 0 Å². The van der Waals surface area contributed by atoms with Gasteiger partial charge in [-0.2, -0.15) is 0 Å². The summed E-state index contributed by atoms with van der Waals surface area (Å²) < 4.78 is 67.7. The minimum absolute atomic E-state index is 0.332. The molecule has 2 aromatic carbocycles. The van der Waals surface area contributed by atoms with Crippen LogP contribution >= 0.6 is 0 Å². The summed E-state index contributed by atoms with van der Waals surface area (Å²) >= 11 is 0. The molecule has 7 heteroatoms. The van der Waals surface area contributed by atoms with Gasteiger partial charge in [-0.15, -0.1) is 0 Å². The molecule has 3 aromatic rings. The number of aryl methyl sites for hydroxylation is 1. The Kier molecular flexibility index (Phi) is 3.41. The first-order chi connectivity index (χ1) is 14.3. The minimum atomic E-state index is -4.49. The highest BCUT2D eigenvalue weighted by atomic mass is 32.2. The Morgan fingerprint density at radius 1 is 1.15 bits per heavy atom. The topological polar surface area (TPSA) is 89.3 Å². The number of rotatable bonds is 5. The van der Waals surface area contributed by atoms with E-state index >= 15 is 0 Å². The van der Waals surface area contributed by atoms with E-state index in [2.05, 4.69) is 5.16 Å². The van der Waals surface area contributed by atoms with E-state index in [4.69, 9.17) is 11.4 Å². The first-order valence-electron chi connectivity index (χ1n) is 10.0. The van der Waals surface area contributed by atoms with Crippen LogP contribution in [-0.4, -0.2) is 19.5 Å². The third-order valence-corrected chi connectivity index (χ3v) is 5.05. The standard InChI is InChI=1S/C19H18N2O4S/c1-3-17(22)21-26(23,24)16-11-9-14(10-12-16)18-13(2)25-20-19(18)15-7-5-4-6-8-15/h4-12H,3H2,1-2H3,(H,21,22)/i1D3,3D2. The molecule has 0 unspecified atom stereocenters. The van der Waals surface area contributed by atoms with Crippen molar-refractivity contribution in [2.24, 2.45) is 0 Å². The van der Waals surface area contributed by atoms with E-state index in [0.717, 1.165) is 5.56 Å². The number of sulfonamides is 1. The fourth-order valence-corrected chi connectivity index (χ4v) is 3.42. The predicted octanol–water partition coefficient (Wildman–Crippen LogP) is 3.53. The Bertz CT molecular complexity index is 1200. The highest BCUT2D eigenvalue weighted by molar-refractivity contribution is 7.90. The largest absolute Gasteiger partial charge is 0.360 e. The fraction of sp³-hybridized carbons (Fsp3) is 0.158. The van der Waals surface area contributed by atoms with Gasteiger partial charge in [-0.1, -0.05) is 54.5 Å². The Balaban J connectivity index is 1.91. The zero-order valence-electron chi connectivity index (χ0n) is 18.7. The van der Waals surface area contributed by atoms with Crippen molar-refractivity contribution in [3.63, 3.8) is 0 Å². The third-order valence-electron chi connectivity index (χ3n) is 3.70. The van der Waals surface area contributed by atoms with Crippen LogP contribution in [0.25, 0.3) is 22.4 Å². The Morgan fingerprint density at radius 3 is 2.50 bits per heavy atom. The van der Waals surface area contributed by atoms with Crippen molar-refractivity contribution in [1.82, 2.24) is 9.88 Å². The third kappa shape index (κ3) is 3.52. The van der Waals surface area contributed by atoms with Crippen LogP contribution < -0.4 is 4.72 Å². The van der Waals surface area contributed by atoms with E-state index in [1.165, 1.54) is 29.0 Å². The molecule has 1 aromatic heterocycles. The number of aromatic nitrogens is 1. The van der Waals surface area contributed by atoms with Gasteiger partial charge in [0.1, 0.15) is 11.5 Å². The van der Waals surface area contributed by atoms with E-state index < -0.39 is 29.2 Å². The van der Waals surface area contributed by atoms with E-state index in [0.29, 0.717) is 22.6 Å². The molecule has 1 amide bonds. The number of hydrogen-bond donors (Lipinski definition) is 1. The van der Waals surface area contributed by atoms with Crippen molar-refractivity contribution in [3.05, 3.63) is 60.4 Å². The SMILES string of the molecule is [2H]C([2H])([2H])C([2H])([2H])C(=O)NS(=O)(=O)c1ccc(-c2c(-c3ccccc3)noc2C)cc1. The van der Waals surface area contributed by atoms with Crippen molar-refractivity contribution in [2.45, 2.75) is 25.0 Å². The smallest absolute Gasteiger partial charge is 0.264 e. The monoisotopic (exact) mass is 375 g/mol. The predicted molar refractivity (Wildman–Crippen MR) is 97.7 cm³/mol. The molecule has 0 fully saturated rings. The first kappa shape index (κ1) is 12.4. The van der Waals surface area contributed by atoms with Crippen molar-refractivity contribution < 1.29 is 24.6 Å². The number of hydrogen-bond acceptors (Lipinski definition) is 5. The second-order valence-corrected chi connectivity index (χ2v) is 7.09. The van der Waals surface area contributed by atoms with Gasteiger partial charge in [0, 0.05) is 18.8 Å². The van der Waals surface area contributed by atoms with E-state index in [-0.39, 0.29) is 4.90 Å². The van der Waals surface area contributed by atoms with Gasteiger partial charge >= 0.3 is 0 Å². The second kappa shape index (κ2) is 7.13. The van der Waals surface area contributed by atoms with Gasteiger partial charge in [-0.05, 0) is 24.6 Å². The molecule has 3 rings (SSSR count). The number of carbonyl (C=O) groups is 1. The quantitative estimate of drug-likeness (QED) is 0.737. The second-order valence-electron chi connectivity index (χ2n) is 5.41. The normalized spacial score (nSPS) is 15.2. The lowest BCUT2D eigenvalue weighted by atomic mass is 10.00. The molecule has 0 aliphatic heterocycles. The average molecular weight is 375 g/mol. The van der Waals surface area contributed by atoms with Gasteiger partial charge < -0.3 is 4.52 Å². The summed E-state index contributed by atoms with van der Waals surface area (Å²) in [6, 6.07) is 14.7. The number of carbonyl (C=O) groups excluding carboxylic acids is 1. The molecule has 0 aliphatic carbocycles. The summed E-state index contributed by atoms with van der Waals surface area (Å²) in [6.07, 6.45) is -3.37. The summed E-state index contributed by atoms with van der Waals surface area (Å²) in [6.45, 7) is -1.60. The molecule has 0 saturated heterocycles. The maximum Gasteiger partial charge on any atom is 0.264 e. The molecule has 134 valence electrons. The van der Waals surface area contributed by atoms with E-state index in [1.807, 2.05) is 30.3 Å². The zero-order chi connectivity index (χ0) is 23.0. The number of benzene rings is 2. The molecule has 1 heterocycles. The van der Waals surface area contributed by atoms with Gasteiger partial charge in [0.15, 0.2) is 0 Å². The molecule has 6 nitrogen and oxygen atoms in total. The lowest BCUT2D eigenvalue weighted by molar-refractivity contribution is -0.119. The summed E-state index contributed by atoms with van der Waals surface area (Å²) in [5.41, 5.74) is 2.66. The summed E-state index contributed by atoms with van der Waals surface area (Å²) in [5.74, 6) is -1.24. The zero-order valence-corrected chi connectivity index (χ0v) is 14.5.